The highest BCUT2D eigenvalue weighted by Crippen LogP contribution is 2.19. The number of carbonyl (C=O) groups is 2. The number of rotatable bonds is 10. The number of nitrogens with zero attached hydrogens (tertiary/aromatic N) is 2. The highest BCUT2D eigenvalue weighted by atomic mass is 79.9. The molecule has 32 heavy (non-hydrogen) atoms. The van der Waals surface area contributed by atoms with Gasteiger partial charge in [-0.3, -0.25) is 13.9 Å². The lowest BCUT2D eigenvalue weighted by molar-refractivity contribution is -0.139. The third-order valence-electron chi connectivity index (χ3n) is 4.82. The molecule has 0 heterocycles. The van der Waals surface area contributed by atoms with Crippen molar-refractivity contribution in [3.05, 3.63) is 64.6 Å². The van der Waals surface area contributed by atoms with Gasteiger partial charge < -0.3 is 10.2 Å². The molecule has 1 unspecified atom stereocenters. The van der Waals surface area contributed by atoms with Gasteiger partial charge in [0.1, 0.15) is 12.6 Å². The average molecular weight is 524 g/mol. The Bertz CT molecular complexity index is 1030. The summed E-state index contributed by atoms with van der Waals surface area (Å²) in [6.45, 7) is 5.87. The number of carbonyl (C=O) groups excluding carboxylic acids is 2. The number of halogens is 1. The van der Waals surface area contributed by atoms with Crippen molar-refractivity contribution in [2.24, 2.45) is 5.92 Å². The molecular weight excluding hydrogens is 494 g/mol. The van der Waals surface area contributed by atoms with E-state index in [4.69, 9.17) is 0 Å². The smallest absolute Gasteiger partial charge is 0.244 e. The molecule has 2 amide bonds. The Morgan fingerprint density at radius 2 is 1.69 bits per heavy atom. The maximum atomic E-state index is 13.4. The SMILES string of the molecule is CC(C)CNC(=O)C(C)N(Cc1cccc(Br)c1)C(=O)CN(c1ccccc1)S(C)(=O)=O. The molecule has 0 aliphatic carbocycles. The zero-order valence-electron chi connectivity index (χ0n) is 18.8. The van der Waals surface area contributed by atoms with Crippen molar-refractivity contribution in [2.75, 3.05) is 23.7 Å². The van der Waals surface area contributed by atoms with E-state index in [9.17, 15) is 18.0 Å². The van der Waals surface area contributed by atoms with Crippen LogP contribution in [0.4, 0.5) is 5.69 Å². The van der Waals surface area contributed by atoms with E-state index >= 15 is 0 Å². The van der Waals surface area contributed by atoms with Crippen LogP contribution in [-0.4, -0.2) is 50.5 Å². The molecule has 0 aromatic heterocycles. The second-order valence-electron chi connectivity index (χ2n) is 8.07. The van der Waals surface area contributed by atoms with Crippen LogP contribution < -0.4 is 9.62 Å². The van der Waals surface area contributed by atoms with Crippen molar-refractivity contribution < 1.29 is 18.0 Å². The first-order chi connectivity index (χ1) is 15.0. The number of anilines is 1. The molecule has 0 aliphatic rings. The molecule has 0 fully saturated rings. The lowest BCUT2D eigenvalue weighted by Gasteiger charge is -2.31. The van der Waals surface area contributed by atoms with Gasteiger partial charge in [0.05, 0.1) is 11.9 Å². The van der Waals surface area contributed by atoms with E-state index < -0.39 is 28.5 Å². The minimum absolute atomic E-state index is 0.168. The summed E-state index contributed by atoms with van der Waals surface area (Å²) in [6, 6.07) is 15.1. The van der Waals surface area contributed by atoms with Crippen LogP contribution in [0.5, 0.6) is 0 Å². The van der Waals surface area contributed by atoms with Crippen LogP contribution >= 0.6 is 15.9 Å². The lowest BCUT2D eigenvalue weighted by atomic mass is 10.1. The van der Waals surface area contributed by atoms with Crippen molar-refractivity contribution >= 4 is 43.5 Å². The number of para-hydroxylation sites is 1. The highest BCUT2D eigenvalue weighted by Gasteiger charge is 2.30. The van der Waals surface area contributed by atoms with Gasteiger partial charge in [0.2, 0.25) is 21.8 Å². The molecule has 0 spiro atoms. The van der Waals surface area contributed by atoms with Gasteiger partial charge in [-0.2, -0.15) is 0 Å². The van der Waals surface area contributed by atoms with E-state index in [-0.39, 0.29) is 18.4 Å². The summed E-state index contributed by atoms with van der Waals surface area (Å²) < 4.78 is 26.8. The van der Waals surface area contributed by atoms with Crippen LogP contribution in [0.2, 0.25) is 0 Å². The molecule has 0 bridgehead atoms. The topological polar surface area (TPSA) is 86.8 Å². The van der Waals surface area contributed by atoms with Gasteiger partial charge in [-0.15, -0.1) is 0 Å². The largest absolute Gasteiger partial charge is 0.354 e. The molecule has 1 N–H and O–H groups in total. The van der Waals surface area contributed by atoms with Crippen LogP contribution in [0.15, 0.2) is 59.1 Å². The van der Waals surface area contributed by atoms with Crippen molar-refractivity contribution in [2.45, 2.75) is 33.4 Å². The molecule has 0 aliphatic heterocycles. The minimum atomic E-state index is -3.72. The fraction of sp³-hybridized carbons (Fsp3) is 0.391. The summed E-state index contributed by atoms with van der Waals surface area (Å²) >= 11 is 3.42. The van der Waals surface area contributed by atoms with Gasteiger partial charge in [0, 0.05) is 17.6 Å². The van der Waals surface area contributed by atoms with Crippen LogP contribution in [0.1, 0.15) is 26.3 Å². The Labute approximate surface area is 199 Å². The van der Waals surface area contributed by atoms with Gasteiger partial charge in [-0.25, -0.2) is 8.42 Å². The van der Waals surface area contributed by atoms with Gasteiger partial charge in [0.15, 0.2) is 0 Å². The van der Waals surface area contributed by atoms with Crippen LogP contribution in [0.3, 0.4) is 0 Å². The predicted molar refractivity (Wildman–Crippen MR) is 131 cm³/mol. The third kappa shape index (κ3) is 7.63. The molecule has 0 saturated carbocycles. The number of hydrogen-bond acceptors (Lipinski definition) is 4. The molecule has 2 rings (SSSR count). The summed E-state index contributed by atoms with van der Waals surface area (Å²) in [7, 11) is -3.72. The van der Waals surface area contributed by atoms with Crippen molar-refractivity contribution in [3.63, 3.8) is 0 Å². The number of nitrogens with one attached hydrogen (secondary N) is 1. The molecule has 2 aromatic carbocycles. The summed E-state index contributed by atoms with van der Waals surface area (Å²) in [4.78, 5) is 27.5. The van der Waals surface area contributed by atoms with E-state index in [1.165, 1.54) is 4.90 Å². The summed E-state index contributed by atoms with van der Waals surface area (Å²) in [6.07, 6.45) is 1.06. The summed E-state index contributed by atoms with van der Waals surface area (Å²) in [5.74, 6) is -0.488. The zero-order valence-corrected chi connectivity index (χ0v) is 21.2. The fourth-order valence-corrected chi connectivity index (χ4v) is 4.37. The van der Waals surface area contributed by atoms with Crippen molar-refractivity contribution in [1.82, 2.24) is 10.2 Å². The maximum absolute atomic E-state index is 13.4. The van der Waals surface area contributed by atoms with Crippen molar-refractivity contribution in [1.29, 1.82) is 0 Å². The first kappa shape index (κ1) is 25.9. The maximum Gasteiger partial charge on any atom is 0.244 e. The van der Waals surface area contributed by atoms with Crippen LogP contribution in [-0.2, 0) is 26.2 Å². The summed E-state index contributed by atoms with van der Waals surface area (Å²) in [5.41, 5.74) is 1.21. The van der Waals surface area contributed by atoms with Gasteiger partial charge in [-0.05, 0) is 42.7 Å². The molecule has 0 saturated heterocycles. The predicted octanol–water partition coefficient (Wildman–Crippen LogP) is 3.40. The lowest BCUT2D eigenvalue weighted by Crippen LogP contribution is -2.51. The number of benzene rings is 2. The molecule has 0 radical (unpaired) electrons. The number of hydrogen-bond donors (Lipinski definition) is 1. The van der Waals surface area contributed by atoms with Crippen molar-refractivity contribution in [3.8, 4) is 0 Å². The number of amides is 2. The standard InChI is InChI=1S/C23H30BrN3O4S/c1-17(2)14-25-23(29)18(3)26(15-19-9-8-10-20(24)13-19)22(28)16-27(32(4,30)31)21-11-6-5-7-12-21/h5-13,17-18H,14-16H2,1-4H3,(H,25,29). The second-order valence-corrected chi connectivity index (χ2v) is 10.9. The van der Waals surface area contributed by atoms with Gasteiger partial charge in [0.25, 0.3) is 0 Å². The molecular formula is C23H30BrN3O4S. The average Bonchev–Trinajstić information content (AvgIpc) is 2.73. The molecule has 7 nitrogen and oxygen atoms in total. The minimum Gasteiger partial charge on any atom is -0.354 e. The molecule has 1 atom stereocenters. The first-order valence-electron chi connectivity index (χ1n) is 10.3. The van der Waals surface area contributed by atoms with E-state index in [0.29, 0.717) is 12.2 Å². The van der Waals surface area contributed by atoms with E-state index in [1.807, 2.05) is 38.1 Å². The molecule has 174 valence electrons. The molecule has 2 aromatic rings. The normalized spacial score (nSPS) is 12.3. The van der Waals surface area contributed by atoms with Crippen LogP contribution in [0.25, 0.3) is 0 Å². The fourth-order valence-electron chi connectivity index (χ4n) is 3.08. The zero-order chi connectivity index (χ0) is 23.9. The molecule has 9 heteroatoms. The second kappa shape index (κ2) is 11.5. The van der Waals surface area contributed by atoms with E-state index in [0.717, 1.165) is 20.6 Å². The van der Waals surface area contributed by atoms with Gasteiger partial charge in [-0.1, -0.05) is 60.1 Å². The van der Waals surface area contributed by atoms with Gasteiger partial charge >= 0.3 is 0 Å². The highest BCUT2D eigenvalue weighted by molar-refractivity contribution is 9.10. The van der Waals surface area contributed by atoms with E-state index in [1.54, 1.807) is 37.3 Å². The Balaban J connectivity index is 2.33. The number of sulfonamides is 1. The van der Waals surface area contributed by atoms with E-state index in [2.05, 4.69) is 21.2 Å². The Morgan fingerprint density at radius 1 is 1.03 bits per heavy atom. The summed E-state index contributed by atoms with van der Waals surface area (Å²) in [5, 5.41) is 2.86. The Morgan fingerprint density at radius 3 is 2.25 bits per heavy atom. The monoisotopic (exact) mass is 523 g/mol. The first-order valence-corrected chi connectivity index (χ1v) is 13.0. The quantitative estimate of drug-likeness (QED) is 0.516. The van der Waals surface area contributed by atoms with Crippen LogP contribution in [0, 0.1) is 5.92 Å². The Hall–Kier alpha value is -2.39. The third-order valence-corrected chi connectivity index (χ3v) is 6.45. The Kier molecular flexibility index (Phi) is 9.27.